The van der Waals surface area contributed by atoms with Gasteiger partial charge in [0.05, 0.1) is 12.6 Å². The second-order valence-electron chi connectivity index (χ2n) is 4.25. The fourth-order valence-electron chi connectivity index (χ4n) is 1.57. The van der Waals surface area contributed by atoms with E-state index in [-0.39, 0.29) is 12.6 Å². The molecule has 104 valence electrons. The van der Waals surface area contributed by atoms with Crippen LogP contribution in [0.15, 0.2) is 30.3 Å². The van der Waals surface area contributed by atoms with Gasteiger partial charge in [0.25, 0.3) is 0 Å². The highest BCUT2D eigenvalue weighted by atomic mass is 16.3. The average Bonchev–Trinajstić information content (AvgIpc) is 2.45. The topological polar surface area (TPSA) is 78.4 Å². The summed E-state index contributed by atoms with van der Waals surface area (Å²) < 4.78 is 0. The zero-order chi connectivity index (χ0) is 14.1. The van der Waals surface area contributed by atoms with Crippen LogP contribution in [0.25, 0.3) is 0 Å². The lowest BCUT2D eigenvalue weighted by Crippen LogP contribution is -2.46. The summed E-state index contributed by atoms with van der Waals surface area (Å²) >= 11 is 0. The number of amides is 2. The molecule has 1 atom stereocenters. The van der Waals surface area contributed by atoms with E-state index in [1.807, 2.05) is 37.3 Å². The highest BCUT2D eigenvalue weighted by Gasteiger charge is 2.16. The zero-order valence-corrected chi connectivity index (χ0v) is 11.1. The number of aliphatic hydroxyl groups excluding tert-OH is 1. The Morgan fingerprint density at radius 2 is 1.89 bits per heavy atom. The molecule has 5 heteroatoms. The third-order valence-electron chi connectivity index (χ3n) is 2.80. The van der Waals surface area contributed by atoms with Crippen LogP contribution in [0.5, 0.6) is 0 Å². The van der Waals surface area contributed by atoms with Gasteiger partial charge in [-0.25, -0.2) is 0 Å². The van der Waals surface area contributed by atoms with Gasteiger partial charge in [-0.1, -0.05) is 37.3 Å². The van der Waals surface area contributed by atoms with Gasteiger partial charge in [0.15, 0.2) is 0 Å². The minimum Gasteiger partial charge on any atom is -0.394 e. The lowest BCUT2D eigenvalue weighted by molar-refractivity contribution is -0.139. The summed E-state index contributed by atoms with van der Waals surface area (Å²) in [5.74, 6) is -1.36. The summed E-state index contributed by atoms with van der Waals surface area (Å²) in [4.78, 5) is 23.0. The van der Waals surface area contributed by atoms with Crippen molar-refractivity contribution < 1.29 is 14.7 Å². The van der Waals surface area contributed by atoms with Crippen LogP contribution in [0, 0.1) is 0 Å². The van der Waals surface area contributed by atoms with Gasteiger partial charge in [-0.3, -0.25) is 9.59 Å². The van der Waals surface area contributed by atoms with Crippen LogP contribution in [0.2, 0.25) is 0 Å². The number of rotatable bonds is 6. The summed E-state index contributed by atoms with van der Waals surface area (Å²) in [5.41, 5.74) is 1.10. The van der Waals surface area contributed by atoms with E-state index >= 15 is 0 Å². The summed E-state index contributed by atoms with van der Waals surface area (Å²) in [6.45, 7) is 2.07. The monoisotopic (exact) mass is 264 g/mol. The molecule has 0 fully saturated rings. The predicted octanol–water partition coefficient (Wildman–Crippen LogP) is 0.232. The summed E-state index contributed by atoms with van der Waals surface area (Å²) in [5, 5.41) is 14.0. The fourth-order valence-corrected chi connectivity index (χ4v) is 1.57. The molecule has 0 aliphatic rings. The van der Waals surface area contributed by atoms with Crippen LogP contribution < -0.4 is 10.6 Å². The maximum Gasteiger partial charge on any atom is 0.309 e. The standard InChI is InChI=1S/C14H20N2O3/c1-2-12(10-17)16-14(19)13(18)15-9-8-11-6-4-3-5-7-11/h3-7,12,17H,2,8-10H2,1H3,(H,15,18)(H,16,19)/t12-/m1/s1. The molecule has 1 rings (SSSR count). The quantitative estimate of drug-likeness (QED) is 0.644. The molecular weight excluding hydrogens is 244 g/mol. The van der Waals surface area contributed by atoms with E-state index in [0.29, 0.717) is 19.4 Å². The van der Waals surface area contributed by atoms with Crippen LogP contribution in [0.3, 0.4) is 0 Å². The van der Waals surface area contributed by atoms with Crippen molar-refractivity contribution >= 4 is 11.8 Å². The van der Waals surface area contributed by atoms with Crippen molar-refractivity contribution in [2.75, 3.05) is 13.2 Å². The largest absolute Gasteiger partial charge is 0.394 e. The molecule has 5 nitrogen and oxygen atoms in total. The van der Waals surface area contributed by atoms with Crippen molar-refractivity contribution in [3.8, 4) is 0 Å². The van der Waals surface area contributed by atoms with Gasteiger partial charge in [0, 0.05) is 6.54 Å². The molecule has 0 spiro atoms. The van der Waals surface area contributed by atoms with Crippen molar-refractivity contribution in [1.29, 1.82) is 0 Å². The highest BCUT2D eigenvalue weighted by molar-refractivity contribution is 6.35. The highest BCUT2D eigenvalue weighted by Crippen LogP contribution is 1.98. The number of hydrogen-bond donors (Lipinski definition) is 3. The van der Waals surface area contributed by atoms with Gasteiger partial charge < -0.3 is 15.7 Å². The second kappa shape index (κ2) is 8.26. The fraction of sp³-hybridized carbons (Fsp3) is 0.429. The minimum atomic E-state index is -0.700. The van der Waals surface area contributed by atoms with Crippen molar-refractivity contribution in [1.82, 2.24) is 10.6 Å². The molecule has 1 aromatic rings. The van der Waals surface area contributed by atoms with Crippen LogP contribution in [0.1, 0.15) is 18.9 Å². The van der Waals surface area contributed by atoms with Gasteiger partial charge >= 0.3 is 11.8 Å². The number of carbonyl (C=O) groups excluding carboxylic acids is 2. The molecule has 0 aromatic heterocycles. The van der Waals surface area contributed by atoms with Gasteiger partial charge in [-0.05, 0) is 18.4 Å². The first-order valence-corrected chi connectivity index (χ1v) is 6.40. The maximum absolute atomic E-state index is 11.5. The zero-order valence-electron chi connectivity index (χ0n) is 11.1. The van der Waals surface area contributed by atoms with E-state index in [4.69, 9.17) is 5.11 Å². The first kappa shape index (κ1) is 15.2. The maximum atomic E-state index is 11.5. The summed E-state index contributed by atoms with van der Waals surface area (Å²) in [7, 11) is 0. The molecule has 0 saturated heterocycles. The first-order chi connectivity index (χ1) is 9.17. The van der Waals surface area contributed by atoms with E-state index in [0.717, 1.165) is 5.56 Å². The molecule has 0 bridgehead atoms. The molecule has 0 unspecified atom stereocenters. The molecule has 0 radical (unpaired) electrons. The molecule has 2 amide bonds. The molecule has 0 saturated carbocycles. The lowest BCUT2D eigenvalue weighted by atomic mass is 10.1. The van der Waals surface area contributed by atoms with Crippen molar-refractivity contribution in [2.45, 2.75) is 25.8 Å². The van der Waals surface area contributed by atoms with Crippen LogP contribution in [-0.4, -0.2) is 36.1 Å². The normalized spacial score (nSPS) is 11.7. The number of benzene rings is 1. The van der Waals surface area contributed by atoms with E-state index in [9.17, 15) is 9.59 Å². The number of aliphatic hydroxyl groups is 1. The van der Waals surface area contributed by atoms with E-state index < -0.39 is 11.8 Å². The van der Waals surface area contributed by atoms with Crippen LogP contribution in [0.4, 0.5) is 0 Å². The van der Waals surface area contributed by atoms with Crippen LogP contribution in [-0.2, 0) is 16.0 Å². The third kappa shape index (κ3) is 5.52. The first-order valence-electron chi connectivity index (χ1n) is 6.40. The van der Waals surface area contributed by atoms with Gasteiger partial charge in [0.1, 0.15) is 0 Å². The number of hydrogen-bond acceptors (Lipinski definition) is 3. The van der Waals surface area contributed by atoms with Gasteiger partial charge in [0.2, 0.25) is 0 Å². The molecule has 0 heterocycles. The molecule has 19 heavy (non-hydrogen) atoms. The molecule has 0 aliphatic carbocycles. The van der Waals surface area contributed by atoms with E-state index in [1.54, 1.807) is 0 Å². The Bertz CT molecular complexity index is 402. The smallest absolute Gasteiger partial charge is 0.309 e. The van der Waals surface area contributed by atoms with Gasteiger partial charge in [-0.15, -0.1) is 0 Å². The summed E-state index contributed by atoms with van der Waals surface area (Å²) in [6, 6.07) is 9.34. The van der Waals surface area contributed by atoms with Crippen LogP contribution >= 0.6 is 0 Å². The number of carbonyl (C=O) groups is 2. The Kier molecular flexibility index (Phi) is 6.60. The van der Waals surface area contributed by atoms with Crippen molar-refractivity contribution in [2.24, 2.45) is 0 Å². The van der Waals surface area contributed by atoms with Crippen molar-refractivity contribution in [3.05, 3.63) is 35.9 Å². The number of nitrogens with one attached hydrogen (secondary N) is 2. The Morgan fingerprint density at radius 1 is 1.21 bits per heavy atom. The van der Waals surface area contributed by atoms with Crippen molar-refractivity contribution in [3.63, 3.8) is 0 Å². The predicted molar refractivity (Wildman–Crippen MR) is 72.5 cm³/mol. The molecule has 3 N–H and O–H groups in total. The average molecular weight is 264 g/mol. The molecule has 0 aliphatic heterocycles. The SMILES string of the molecule is CC[C@H](CO)NC(=O)C(=O)NCCc1ccccc1. The molecular formula is C14H20N2O3. The Hall–Kier alpha value is -1.88. The summed E-state index contributed by atoms with van der Waals surface area (Å²) in [6.07, 6.45) is 1.26. The lowest BCUT2D eigenvalue weighted by Gasteiger charge is -2.13. The third-order valence-corrected chi connectivity index (χ3v) is 2.80. The Morgan fingerprint density at radius 3 is 2.47 bits per heavy atom. The minimum absolute atomic E-state index is 0.167. The van der Waals surface area contributed by atoms with Gasteiger partial charge in [-0.2, -0.15) is 0 Å². The van der Waals surface area contributed by atoms with E-state index in [2.05, 4.69) is 10.6 Å². The molecule has 1 aromatic carbocycles. The Balaban J connectivity index is 2.29. The Labute approximate surface area is 113 Å². The second-order valence-corrected chi connectivity index (χ2v) is 4.25. The van der Waals surface area contributed by atoms with E-state index in [1.165, 1.54) is 0 Å².